The van der Waals surface area contributed by atoms with Gasteiger partial charge in [-0.3, -0.25) is 4.90 Å². The van der Waals surface area contributed by atoms with Crippen LogP contribution in [0.25, 0.3) is 0 Å². The molecule has 2 fully saturated rings. The number of amides is 2. The molecule has 5 heteroatoms. The Kier molecular flexibility index (Phi) is 5.86. The summed E-state index contributed by atoms with van der Waals surface area (Å²) in [7, 11) is 0. The maximum atomic E-state index is 13.2. The van der Waals surface area contributed by atoms with Crippen molar-refractivity contribution in [2.45, 2.75) is 57.0 Å². The van der Waals surface area contributed by atoms with Gasteiger partial charge >= 0.3 is 6.03 Å². The van der Waals surface area contributed by atoms with Crippen LogP contribution in [0, 0.1) is 12.7 Å². The number of nitrogens with zero attached hydrogens (tertiary/aromatic N) is 1. The summed E-state index contributed by atoms with van der Waals surface area (Å²) in [6.45, 7) is 3.97. The summed E-state index contributed by atoms with van der Waals surface area (Å²) in [4.78, 5) is 15.2. The SMILES string of the molecule is Cc1cccc(NC(=O)NC2(CN3CCCC3Cc3ccc(F)cc3)CCC2)c1. The van der Waals surface area contributed by atoms with Crippen LogP contribution >= 0.6 is 0 Å². The predicted octanol–water partition coefficient (Wildman–Crippen LogP) is 4.89. The molecule has 2 aromatic rings. The fourth-order valence-electron chi connectivity index (χ4n) is 4.67. The first-order valence-electron chi connectivity index (χ1n) is 10.7. The van der Waals surface area contributed by atoms with Crippen LogP contribution in [0.15, 0.2) is 48.5 Å². The fraction of sp³-hybridized carbons (Fsp3) is 0.458. The highest BCUT2D eigenvalue weighted by molar-refractivity contribution is 5.90. The predicted molar refractivity (Wildman–Crippen MR) is 115 cm³/mol. The molecule has 1 aliphatic heterocycles. The van der Waals surface area contributed by atoms with Crippen molar-refractivity contribution in [3.63, 3.8) is 0 Å². The van der Waals surface area contributed by atoms with Crippen LogP contribution in [0.5, 0.6) is 0 Å². The number of carbonyl (C=O) groups excluding carboxylic acids is 1. The third-order valence-electron chi connectivity index (χ3n) is 6.35. The van der Waals surface area contributed by atoms with Crippen LogP contribution in [0.1, 0.15) is 43.2 Å². The highest BCUT2D eigenvalue weighted by Crippen LogP contribution is 2.35. The van der Waals surface area contributed by atoms with Crippen molar-refractivity contribution in [3.05, 3.63) is 65.5 Å². The average Bonchev–Trinajstić information content (AvgIpc) is 3.08. The summed E-state index contributed by atoms with van der Waals surface area (Å²) < 4.78 is 13.2. The third kappa shape index (κ3) is 4.96. The minimum Gasteiger partial charge on any atom is -0.331 e. The van der Waals surface area contributed by atoms with Gasteiger partial charge in [0.25, 0.3) is 0 Å². The summed E-state index contributed by atoms with van der Waals surface area (Å²) in [6.07, 6.45) is 6.47. The molecule has 0 bridgehead atoms. The highest BCUT2D eigenvalue weighted by atomic mass is 19.1. The van der Waals surface area contributed by atoms with Crippen LogP contribution in [0.3, 0.4) is 0 Å². The largest absolute Gasteiger partial charge is 0.331 e. The van der Waals surface area contributed by atoms with Crippen molar-refractivity contribution in [2.24, 2.45) is 0 Å². The molecule has 1 atom stereocenters. The minimum absolute atomic E-state index is 0.121. The number of likely N-dealkylation sites (tertiary alicyclic amines) is 1. The first-order valence-corrected chi connectivity index (χ1v) is 10.7. The zero-order chi connectivity index (χ0) is 20.3. The second-order valence-electron chi connectivity index (χ2n) is 8.68. The van der Waals surface area contributed by atoms with Gasteiger partial charge in [0.1, 0.15) is 5.82 Å². The van der Waals surface area contributed by atoms with Gasteiger partial charge < -0.3 is 10.6 Å². The van der Waals surface area contributed by atoms with Crippen molar-refractivity contribution < 1.29 is 9.18 Å². The Morgan fingerprint density at radius 2 is 1.97 bits per heavy atom. The van der Waals surface area contributed by atoms with E-state index in [2.05, 4.69) is 15.5 Å². The summed E-state index contributed by atoms with van der Waals surface area (Å²) in [5.74, 6) is -0.186. The lowest BCUT2D eigenvalue weighted by Gasteiger charge is -2.46. The van der Waals surface area contributed by atoms with E-state index < -0.39 is 0 Å². The van der Waals surface area contributed by atoms with E-state index in [4.69, 9.17) is 0 Å². The van der Waals surface area contributed by atoms with Crippen LogP contribution in [-0.4, -0.2) is 35.6 Å². The highest BCUT2D eigenvalue weighted by Gasteiger charge is 2.42. The topological polar surface area (TPSA) is 44.4 Å². The smallest absolute Gasteiger partial charge is 0.319 e. The molecule has 1 unspecified atom stereocenters. The van der Waals surface area contributed by atoms with Gasteiger partial charge in [0.15, 0.2) is 0 Å². The first kappa shape index (κ1) is 19.9. The summed E-state index contributed by atoms with van der Waals surface area (Å²) in [6, 6.07) is 15.1. The lowest BCUT2D eigenvalue weighted by molar-refractivity contribution is 0.109. The number of rotatable bonds is 6. The number of hydrogen-bond donors (Lipinski definition) is 2. The Bertz CT molecular complexity index is 847. The number of anilines is 1. The molecule has 2 aliphatic rings. The molecule has 0 aromatic heterocycles. The number of urea groups is 1. The van der Waals surface area contributed by atoms with E-state index in [1.165, 1.54) is 12.0 Å². The van der Waals surface area contributed by atoms with Gasteiger partial charge in [0, 0.05) is 18.3 Å². The quantitative estimate of drug-likeness (QED) is 0.732. The molecule has 2 N–H and O–H groups in total. The number of halogens is 1. The van der Waals surface area contributed by atoms with Gasteiger partial charge in [-0.15, -0.1) is 0 Å². The Balaban J connectivity index is 1.36. The monoisotopic (exact) mass is 395 g/mol. The van der Waals surface area contributed by atoms with E-state index in [-0.39, 0.29) is 17.4 Å². The van der Waals surface area contributed by atoms with Gasteiger partial charge in [-0.1, -0.05) is 24.3 Å². The van der Waals surface area contributed by atoms with E-state index >= 15 is 0 Å². The van der Waals surface area contributed by atoms with Gasteiger partial charge in [0.2, 0.25) is 0 Å². The van der Waals surface area contributed by atoms with Crippen molar-refractivity contribution in [1.29, 1.82) is 0 Å². The molecule has 1 saturated heterocycles. The van der Waals surface area contributed by atoms with Gasteiger partial charge in [-0.05, 0) is 87.4 Å². The molecule has 154 valence electrons. The molecule has 1 saturated carbocycles. The Hall–Kier alpha value is -2.40. The van der Waals surface area contributed by atoms with Gasteiger partial charge in [-0.25, -0.2) is 9.18 Å². The van der Waals surface area contributed by atoms with Crippen LogP contribution in [-0.2, 0) is 6.42 Å². The van der Waals surface area contributed by atoms with Gasteiger partial charge in [-0.2, -0.15) is 0 Å². The molecule has 1 aliphatic carbocycles. The molecule has 4 nitrogen and oxygen atoms in total. The Labute approximate surface area is 172 Å². The van der Waals surface area contributed by atoms with Crippen LogP contribution in [0.4, 0.5) is 14.9 Å². The van der Waals surface area contributed by atoms with E-state index in [0.29, 0.717) is 6.04 Å². The van der Waals surface area contributed by atoms with E-state index in [1.807, 2.05) is 43.3 Å². The fourth-order valence-corrected chi connectivity index (χ4v) is 4.67. The summed E-state index contributed by atoms with van der Waals surface area (Å²) in [5.41, 5.74) is 2.99. The maximum Gasteiger partial charge on any atom is 0.319 e. The average molecular weight is 396 g/mol. The van der Waals surface area contributed by atoms with Crippen molar-refractivity contribution in [2.75, 3.05) is 18.4 Å². The molecule has 29 heavy (non-hydrogen) atoms. The standard InChI is InChI=1S/C24H30FN3O/c1-18-5-2-6-21(15-18)26-23(29)27-24(12-4-13-24)17-28-14-3-7-22(28)16-19-8-10-20(25)11-9-19/h2,5-6,8-11,15,22H,3-4,7,12-14,16-17H2,1H3,(H2,26,27,29). The van der Waals surface area contributed by atoms with E-state index in [0.717, 1.165) is 56.4 Å². The zero-order valence-corrected chi connectivity index (χ0v) is 17.1. The second-order valence-corrected chi connectivity index (χ2v) is 8.68. The lowest BCUT2D eigenvalue weighted by Crippen LogP contribution is -2.61. The summed E-state index contributed by atoms with van der Waals surface area (Å²) in [5, 5.41) is 6.26. The lowest BCUT2D eigenvalue weighted by atomic mass is 9.76. The molecular formula is C24H30FN3O. The number of hydrogen-bond acceptors (Lipinski definition) is 2. The molecular weight excluding hydrogens is 365 g/mol. The molecule has 2 aromatic carbocycles. The molecule has 0 spiro atoms. The second kappa shape index (κ2) is 8.54. The molecule has 2 amide bonds. The van der Waals surface area contributed by atoms with Crippen LogP contribution in [0.2, 0.25) is 0 Å². The molecule has 4 rings (SSSR count). The zero-order valence-electron chi connectivity index (χ0n) is 17.1. The van der Waals surface area contributed by atoms with Crippen molar-refractivity contribution >= 4 is 11.7 Å². The van der Waals surface area contributed by atoms with E-state index in [1.54, 1.807) is 12.1 Å². The van der Waals surface area contributed by atoms with E-state index in [9.17, 15) is 9.18 Å². The Morgan fingerprint density at radius 1 is 1.17 bits per heavy atom. The molecule has 1 heterocycles. The van der Waals surface area contributed by atoms with Crippen molar-refractivity contribution in [3.8, 4) is 0 Å². The maximum absolute atomic E-state index is 13.2. The third-order valence-corrected chi connectivity index (χ3v) is 6.35. The first-order chi connectivity index (χ1) is 14.0. The number of benzene rings is 2. The van der Waals surface area contributed by atoms with Gasteiger partial charge in [0.05, 0.1) is 5.54 Å². The number of nitrogens with one attached hydrogen (secondary N) is 2. The number of carbonyl (C=O) groups is 1. The Morgan fingerprint density at radius 3 is 2.66 bits per heavy atom. The summed E-state index contributed by atoms with van der Waals surface area (Å²) >= 11 is 0. The van der Waals surface area contributed by atoms with Crippen molar-refractivity contribution in [1.82, 2.24) is 10.2 Å². The number of aryl methyl sites for hydroxylation is 1. The van der Waals surface area contributed by atoms with Crippen LogP contribution < -0.4 is 10.6 Å². The molecule has 0 radical (unpaired) electrons. The minimum atomic E-state index is -0.186. The normalized spacial score (nSPS) is 20.8.